The van der Waals surface area contributed by atoms with Crippen molar-refractivity contribution in [1.29, 1.82) is 0 Å². The van der Waals surface area contributed by atoms with Crippen molar-refractivity contribution < 1.29 is 11.0 Å². The highest BCUT2D eigenvalue weighted by molar-refractivity contribution is 5.71. The van der Waals surface area contributed by atoms with Crippen LogP contribution in [0.2, 0.25) is 0 Å². The third kappa shape index (κ3) is 6.48. The molecule has 1 N–H and O–H groups in total. The summed E-state index contributed by atoms with van der Waals surface area (Å²) in [7, 11) is 0. The number of amides is 1. The van der Waals surface area contributed by atoms with Crippen molar-refractivity contribution in [2.75, 3.05) is 18.4 Å². The Morgan fingerprint density at radius 2 is 1.82 bits per heavy atom. The summed E-state index contributed by atoms with van der Waals surface area (Å²) in [5.41, 5.74) is 1.92. The number of anilines is 1. The second kappa shape index (κ2) is 10.8. The molecule has 28 heavy (non-hydrogen) atoms. The summed E-state index contributed by atoms with van der Waals surface area (Å²) < 4.78 is 5.53. The number of nitrogens with one attached hydrogen (secondary N) is 1. The Morgan fingerprint density at radius 1 is 1.00 bits per heavy atom. The van der Waals surface area contributed by atoms with E-state index in [1.165, 1.54) is 31.6 Å². The van der Waals surface area contributed by atoms with Crippen LogP contribution in [0.1, 0.15) is 20.0 Å². The second-order valence-corrected chi connectivity index (χ2v) is 6.38. The molecule has 6 heteroatoms. The molecule has 1 amide bonds. The minimum Gasteiger partial charge on any atom is -0.456 e. The van der Waals surface area contributed by atoms with E-state index >= 15 is 0 Å². The van der Waals surface area contributed by atoms with Gasteiger partial charge in [-0.1, -0.05) is 6.07 Å². The maximum absolute atomic E-state index is 10.2. The molecule has 3 heterocycles. The highest BCUT2D eigenvalue weighted by Crippen LogP contribution is 2.21. The molecule has 1 fully saturated rings. The van der Waals surface area contributed by atoms with Crippen LogP contribution >= 0.6 is 0 Å². The lowest BCUT2D eigenvalue weighted by atomic mass is 10.3. The lowest BCUT2D eigenvalue weighted by molar-refractivity contribution is -0.105. The number of carbonyl (C=O) groups excluding carboxylic acids is 1. The van der Waals surface area contributed by atoms with Gasteiger partial charge in [-0.05, 0) is 74.5 Å². The van der Waals surface area contributed by atoms with E-state index in [4.69, 9.17) is 4.74 Å². The standard InChI is InChI=1S/C12H10N2O2.C10H14N2.H2/c15-9-14-10-3-5-11(6-4-10)16-12-2-1-7-13-8-12;1-2-6-11-10(5-1)9-12-7-3-4-8-12;/h1-9H,(H,14,15);1-2,5-6H,3-4,7-9H2;1H. The lowest BCUT2D eigenvalue weighted by Gasteiger charge is -2.12. The second-order valence-electron chi connectivity index (χ2n) is 6.38. The fraction of sp³-hybridized carbons (Fsp3) is 0.227. The number of hydrogen-bond acceptors (Lipinski definition) is 5. The normalized spacial score (nSPS) is 13.3. The lowest BCUT2D eigenvalue weighted by Crippen LogP contribution is -2.18. The molecule has 0 radical (unpaired) electrons. The number of benzene rings is 1. The molecule has 1 aliphatic rings. The van der Waals surface area contributed by atoms with E-state index in [1.54, 1.807) is 42.7 Å². The van der Waals surface area contributed by atoms with Gasteiger partial charge in [0.15, 0.2) is 0 Å². The molecule has 0 atom stereocenters. The fourth-order valence-corrected chi connectivity index (χ4v) is 2.89. The molecule has 1 saturated heterocycles. The van der Waals surface area contributed by atoms with Gasteiger partial charge in [-0.25, -0.2) is 0 Å². The molecule has 3 aromatic rings. The predicted molar refractivity (Wildman–Crippen MR) is 111 cm³/mol. The molecular weight excluding hydrogens is 352 g/mol. The minimum atomic E-state index is 0. The maximum atomic E-state index is 10.2. The Labute approximate surface area is 166 Å². The first-order valence-corrected chi connectivity index (χ1v) is 9.34. The van der Waals surface area contributed by atoms with Crippen LogP contribution in [0.3, 0.4) is 0 Å². The molecule has 0 aliphatic carbocycles. The van der Waals surface area contributed by atoms with Crippen LogP contribution in [0.5, 0.6) is 11.5 Å². The van der Waals surface area contributed by atoms with Gasteiger partial charge in [0.25, 0.3) is 0 Å². The number of carbonyl (C=O) groups is 1. The summed E-state index contributed by atoms with van der Waals surface area (Å²) in [5.74, 6) is 1.38. The fourth-order valence-electron chi connectivity index (χ4n) is 2.89. The number of likely N-dealkylation sites (tertiary alicyclic amines) is 1. The summed E-state index contributed by atoms with van der Waals surface area (Å²) >= 11 is 0. The van der Waals surface area contributed by atoms with Crippen LogP contribution in [0, 0.1) is 0 Å². The number of pyridine rings is 2. The van der Waals surface area contributed by atoms with E-state index in [2.05, 4.69) is 32.3 Å². The van der Waals surface area contributed by atoms with E-state index in [0.717, 1.165) is 12.2 Å². The first-order chi connectivity index (χ1) is 13.8. The van der Waals surface area contributed by atoms with Crippen molar-refractivity contribution in [1.82, 2.24) is 14.9 Å². The van der Waals surface area contributed by atoms with Crippen LogP contribution in [0.15, 0.2) is 73.2 Å². The number of ether oxygens (including phenoxy) is 1. The van der Waals surface area contributed by atoms with Crippen molar-refractivity contribution in [3.63, 3.8) is 0 Å². The van der Waals surface area contributed by atoms with Crippen LogP contribution < -0.4 is 10.1 Å². The van der Waals surface area contributed by atoms with Gasteiger partial charge in [-0.2, -0.15) is 0 Å². The topological polar surface area (TPSA) is 67.3 Å². The van der Waals surface area contributed by atoms with Gasteiger partial charge in [0.2, 0.25) is 6.41 Å². The Morgan fingerprint density at radius 3 is 2.46 bits per heavy atom. The van der Waals surface area contributed by atoms with Crippen LogP contribution in [-0.2, 0) is 11.3 Å². The zero-order valence-corrected chi connectivity index (χ0v) is 15.7. The van der Waals surface area contributed by atoms with E-state index < -0.39 is 0 Å². The van der Waals surface area contributed by atoms with E-state index in [9.17, 15) is 4.79 Å². The number of rotatable bonds is 6. The van der Waals surface area contributed by atoms with Gasteiger partial charge in [0.1, 0.15) is 11.5 Å². The number of hydrogen-bond donors (Lipinski definition) is 1. The molecule has 0 spiro atoms. The van der Waals surface area contributed by atoms with Gasteiger partial charge in [-0.15, -0.1) is 0 Å². The van der Waals surface area contributed by atoms with Crippen molar-refractivity contribution in [2.24, 2.45) is 0 Å². The molecule has 1 aliphatic heterocycles. The van der Waals surface area contributed by atoms with Crippen molar-refractivity contribution in [3.05, 3.63) is 78.9 Å². The average molecular weight is 378 g/mol. The summed E-state index contributed by atoms with van der Waals surface area (Å²) in [6.07, 6.45) is 8.53. The molecule has 0 bridgehead atoms. The smallest absolute Gasteiger partial charge is 0.211 e. The first kappa shape index (κ1) is 19.5. The van der Waals surface area contributed by atoms with Crippen molar-refractivity contribution in [2.45, 2.75) is 19.4 Å². The molecule has 4 rings (SSSR count). The van der Waals surface area contributed by atoms with Crippen molar-refractivity contribution >= 4 is 12.1 Å². The Kier molecular flexibility index (Phi) is 7.52. The van der Waals surface area contributed by atoms with Crippen molar-refractivity contribution in [3.8, 4) is 11.5 Å². The third-order valence-electron chi connectivity index (χ3n) is 4.26. The van der Waals surface area contributed by atoms with Gasteiger partial charge < -0.3 is 10.1 Å². The Hall–Kier alpha value is -3.25. The maximum Gasteiger partial charge on any atom is 0.211 e. The van der Waals surface area contributed by atoms with Gasteiger partial charge in [0, 0.05) is 26.1 Å². The zero-order chi connectivity index (χ0) is 19.4. The molecular formula is C22H26N4O2. The molecule has 0 unspecified atom stereocenters. The summed E-state index contributed by atoms with van der Waals surface area (Å²) in [6, 6.07) is 16.8. The molecule has 2 aromatic heterocycles. The first-order valence-electron chi connectivity index (χ1n) is 9.34. The third-order valence-corrected chi connectivity index (χ3v) is 4.26. The molecule has 146 valence electrons. The summed E-state index contributed by atoms with van der Waals surface area (Å²) in [4.78, 5) is 20.9. The average Bonchev–Trinajstić information content (AvgIpc) is 3.25. The van der Waals surface area contributed by atoms with E-state index in [1.807, 2.05) is 18.3 Å². The van der Waals surface area contributed by atoms with Crippen LogP contribution in [0.4, 0.5) is 5.69 Å². The van der Waals surface area contributed by atoms with E-state index in [-0.39, 0.29) is 1.43 Å². The van der Waals surface area contributed by atoms with E-state index in [0.29, 0.717) is 17.9 Å². The quantitative estimate of drug-likeness (QED) is 0.645. The van der Waals surface area contributed by atoms with Gasteiger partial charge >= 0.3 is 0 Å². The predicted octanol–water partition coefficient (Wildman–Crippen LogP) is 4.37. The molecule has 1 aromatic carbocycles. The van der Waals surface area contributed by atoms with Gasteiger partial charge in [0.05, 0.1) is 11.9 Å². The SMILES string of the molecule is O=CNc1ccc(Oc2cccnc2)cc1.[HH].c1ccc(CN2CCCC2)nc1. The summed E-state index contributed by atoms with van der Waals surface area (Å²) in [6.45, 7) is 3.52. The highest BCUT2D eigenvalue weighted by atomic mass is 16.5. The molecule has 0 saturated carbocycles. The number of nitrogens with zero attached hydrogens (tertiary/aromatic N) is 3. The van der Waals surface area contributed by atoms with Crippen LogP contribution in [-0.4, -0.2) is 34.4 Å². The zero-order valence-electron chi connectivity index (χ0n) is 15.7. The minimum absolute atomic E-state index is 0. The largest absolute Gasteiger partial charge is 0.456 e. The monoisotopic (exact) mass is 378 g/mol. The highest BCUT2D eigenvalue weighted by Gasteiger charge is 2.11. The van der Waals surface area contributed by atoms with Crippen LogP contribution in [0.25, 0.3) is 0 Å². The molecule has 6 nitrogen and oxygen atoms in total. The van der Waals surface area contributed by atoms with Gasteiger partial charge in [-0.3, -0.25) is 19.7 Å². The summed E-state index contributed by atoms with van der Waals surface area (Å²) in [5, 5.41) is 2.55. The Balaban J connectivity index is 0.000000207. The Bertz CT molecular complexity index is 826. The number of aromatic nitrogens is 2.